The van der Waals surface area contributed by atoms with Gasteiger partial charge in [0.05, 0.1) is 17.2 Å². The molecule has 1 saturated heterocycles. The van der Waals surface area contributed by atoms with Gasteiger partial charge in [0.2, 0.25) is 0 Å². The molecule has 0 unspecified atom stereocenters. The Morgan fingerprint density at radius 1 is 1.43 bits per heavy atom. The maximum Gasteiger partial charge on any atom is 0.134 e. The molecule has 1 atom stereocenters. The number of hydrogen-bond donors (Lipinski definition) is 2. The van der Waals surface area contributed by atoms with E-state index in [2.05, 4.69) is 37.5 Å². The largest absolute Gasteiger partial charge is 0.396 e. The third kappa shape index (κ3) is 4.17. The molecule has 0 spiro atoms. The number of aliphatic hydroxyl groups is 1. The summed E-state index contributed by atoms with van der Waals surface area (Å²) in [6, 6.07) is 1.98. The molecule has 2 N–H and O–H groups in total. The predicted molar refractivity (Wildman–Crippen MR) is 92.9 cm³/mol. The van der Waals surface area contributed by atoms with Gasteiger partial charge < -0.3 is 15.3 Å². The minimum Gasteiger partial charge on any atom is -0.396 e. The van der Waals surface area contributed by atoms with Crippen LogP contribution in [-0.2, 0) is 13.0 Å². The van der Waals surface area contributed by atoms with E-state index in [9.17, 15) is 5.11 Å². The van der Waals surface area contributed by atoms with E-state index < -0.39 is 0 Å². The highest BCUT2D eigenvalue weighted by Crippen LogP contribution is 2.22. The minimum atomic E-state index is 0.246. The van der Waals surface area contributed by atoms with Crippen molar-refractivity contribution in [3.05, 3.63) is 28.5 Å². The summed E-state index contributed by atoms with van der Waals surface area (Å²) in [5.74, 6) is 2.08. The first-order valence-electron chi connectivity index (χ1n) is 8.13. The number of aromatic nitrogens is 3. The molecule has 7 heteroatoms. The second-order valence-corrected chi connectivity index (χ2v) is 6.78. The molecule has 0 aliphatic carbocycles. The Hall–Kier alpha value is -1.73. The molecular formula is C16H23N5OS. The van der Waals surface area contributed by atoms with Crippen LogP contribution in [0.5, 0.6) is 0 Å². The number of hydrogen-bond acceptors (Lipinski definition) is 7. The summed E-state index contributed by atoms with van der Waals surface area (Å²) in [7, 11) is 0. The average Bonchev–Trinajstić information content (AvgIpc) is 3.08. The van der Waals surface area contributed by atoms with Gasteiger partial charge in [0.1, 0.15) is 18.0 Å². The fourth-order valence-electron chi connectivity index (χ4n) is 2.81. The smallest absolute Gasteiger partial charge is 0.134 e. The molecule has 0 amide bonds. The Morgan fingerprint density at radius 2 is 2.35 bits per heavy atom. The zero-order valence-corrected chi connectivity index (χ0v) is 14.2. The van der Waals surface area contributed by atoms with Crippen LogP contribution >= 0.6 is 11.3 Å². The third-order valence-electron chi connectivity index (χ3n) is 4.11. The molecular weight excluding hydrogens is 310 g/mol. The summed E-state index contributed by atoms with van der Waals surface area (Å²) in [5, 5.41) is 15.9. The highest BCUT2D eigenvalue weighted by Gasteiger charge is 2.20. The Balaban J connectivity index is 1.62. The lowest BCUT2D eigenvalue weighted by atomic mass is 9.99. The molecule has 0 radical (unpaired) electrons. The first-order chi connectivity index (χ1) is 11.3. The van der Waals surface area contributed by atoms with Crippen LogP contribution in [0, 0.1) is 5.92 Å². The molecule has 1 aliphatic rings. The fourth-order valence-corrected chi connectivity index (χ4v) is 3.56. The van der Waals surface area contributed by atoms with Crippen LogP contribution in [-0.4, -0.2) is 39.8 Å². The average molecular weight is 333 g/mol. The normalized spacial score (nSPS) is 18.2. The highest BCUT2D eigenvalue weighted by molar-refractivity contribution is 7.09. The number of piperidine rings is 1. The van der Waals surface area contributed by atoms with E-state index in [0.29, 0.717) is 12.5 Å². The van der Waals surface area contributed by atoms with Crippen LogP contribution in [0.4, 0.5) is 11.6 Å². The monoisotopic (exact) mass is 333 g/mol. The molecule has 2 aromatic rings. The minimum absolute atomic E-state index is 0.246. The second kappa shape index (κ2) is 7.70. The molecule has 1 fully saturated rings. The van der Waals surface area contributed by atoms with Crippen molar-refractivity contribution < 1.29 is 5.11 Å². The van der Waals surface area contributed by atoms with Crippen molar-refractivity contribution in [1.29, 1.82) is 0 Å². The number of thiazole rings is 1. The number of anilines is 2. The first kappa shape index (κ1) is 16.1. The maximum absolute atomic E-state index is 9.37. The van der Waals surface area contributed by atoms with Crippen LogP contribution in [0.2, 0.25) is 0 Å². The Labute approximate surface area is 140 Å². The molecule has 1 aliphatic heterocycles. The van der Waals surface area contributed by atoms with Crippen molar-refractivity contribution in [2.24, 2.45) is 5.92 Å². The molecule has 0 saturated carbocycles. The Morgan fingerprint density at radius 3 is 3.13 bits per heavy atom. The lowest BCUT2D eigenvalue weighted by molar-refractivity contribution is 0.208. The van der Waals surface area contributed by atoms with Crippen molar-refractivity contribution in [3.63, 3.8) is 0 Å². The van der Waals surface area contributed by atoms with Gasteiger partial charge >= 0.3 is 0 Å². The Kier molecular flexibility index (Phi) is 5.40. The van der Waals surface area contributed by atoms with Crippen molar-refractivity contribution in [2.45, 2.75) is 32.7 Å². The molecule has 0 bridgehead atoms. The van der Waals surface area contributed by atoms with E-state index in [4.69, 9.17) is 0 Å². The van der Waals surface area contributed by atoms with Gasteiger partial charge in [-0.2, -0.15) is 0 Å². The fraction of sp³-hybridized carbons (Fsp3) is 0.562. The van der Waals surface area contributed by atoms with Gasteiger partial charge in [0.15, 0.2) is 0 Å². The highest BCUT2D eigenvalue weighted by atomic mass is 32.1. The lowest BCUT2D eigenvalue weighted by Gasteiger charge is -2.32. The van der Waals surface area contributed by atoms with Crippen LogP contribution in [0.1, 0.15) is 30.5 Å². The van der Waals surface area contributed by atoms with Crippen LogP contribution < -0.4 is 10.2 Å². The number of rotatable bonds is 6. The zero-order valence-electron chi connectivity index (χ0n) is 13.4. The SMILES string of the molecule is CCc1nc(CNc2cc(N3CCC[C@H](CO)C3)ncn2)cs1. The Bertz CT molecular complexity index is 632. The first-order valence-corrected chi connectivity index (χ1v) is 9.01. The number of nitrogens with zero attached hydrogens (tertiary/aromatic N) is 4. The zero-order chi connectivity index (χ0) is 16.1. The third-order valence-corrected chi connectivity index (χ3v) is 5.15. The summed E-state index contributed by atoms with van der Waals surface area (Å²) in [4.78, 5) is 15.5. The summed E-state index contributed by atoms with van der Waals surface area (Å²) < 4.78 is 0. The number of nitrogens with one attached hydrogen (secondary N) is 1. The maximum atomic E-state index is 9.37. The molecule has 6 nitrogen and oxygen atoms in total. The quantitative estimate of drug-likeness (QED) is 0.845. The van der Waals surface area contributed by atoms with Crippen LogP contribution in [0.15, 0.2) is 17.8 Å². The van der Waals surface area contributed by atoms with Gasteiger partial charge in [-0.05, 0) is 25.2 Å². The van der Waals surface area contributed by atoms with Crippen molar-refractivity contribution in [1.82, 2.24) is 15.0 Å². The second-order valence-electron chi connectivity index (χ2n) is 5.84. The van der Waals surface area contributed by atoms with Crippen molar-refractivity contribution in [3.8, 4) is 0 Å². The number of aliphatic hydroxyl groups excluding tert-OH is 1. The molecule has 3 heterocycles. The van der Waals surface area contributed by atoms with Gasteiger partial charge in [-0.25, -0.2) is 15.0 Å². The van der Waals surface area contributed by atoms with Gasteiger partial charge in [-0.3, -0.25) is 0 Å². The standard InChI is InChI=1S/C16H23N5OS/c1-2-16-20-13(10-23-16)7-17-14-6-15(19-11-18-14)21-5-3-4-12(8-21)9-22/h6,10-12,22H,2-5,7-9H2,1H3,(H,17,18,19)/t12-/m0/s1. The van der Waals surface area contributed by atoms with E-state index in [1.165, 1.54) is 0 Å². The summed E-state index contributed by atoms with van der Waals surface area (Å²) in [5.41, 5.74) is 1.05. The van der Waals surface area contributed by atoms with Gasteiger partial charge in [-0.15, -0.1) is 11.3 Å². The van der Waals surface area contributed by atoms with Gasteiger partial charge in [0, 0.05) is 31.1 Å². The molecule has 23 heavy (non-hydrogen) atoms. The summed E-state index contributed by atoms with van der Waals surface area (Å²) >= 11 is 1.70. The molecule has 3 rings (SSSR count). The summed E-state index contributed by atoms with van der Waals surface area (Å²) in [6.45, 7) is 4.88. The lowest BCUT2D eigenvalue weighted by Crippen LogP contribution is -2.37. The van der Waals surface area contributed by atoms with E-state index in [1.807, 2.05) is 6.07 Å². The van der Waals surface area contributed by atoms with E-state index >= 15 is 0 Å². The summed E-state index contributed by atoms with van der Waals surface area (Å²) in [6.07, 6.45) is 4.76. The number of aryl methyl sites for hydroxylation is 1. The van der Waals surface area contributed by atoms with E-state index in [0.717, 1.165) is 54.7 Å². The van der Waals surface area contributed by atoms with Gasteiger partial charge in [0.25, 0.3) is 0 Å². The molecule has 124 valence electrons. The van der Waals surface area contributed by atoms with E-state index in [-0.39, 0.29) is 6.61 Å². The van der Waals surface area contributed by atoms with Crippen LogP contribution in [0.3, 0.4) is 0 Å². The topological polar surface area (TPSA) is 74.2 Å². The van der Waals surface area contributed by atoms with Crippen molar-refractivity contribution in [2.75, 3.05) is 29.9 Å². The van der Waals surface area contributed by atoms with E-state index in [1.54, 1.807) is 17.7 Å². The molecule has 2 aromatic heterocycles. The van der Waals surface area contributed by atoms with Crippen LogP contribution in [0.25, 0.3) is 0 Å². The van der Waals surface area contributed by atoms with Gasteiger partial charge in [-0.1, -0.05) is 6.92 Å². The molecule has 0 aromatic carbocycles. The predicted octanol–water partition coefficient (Wildman–Crippen LogP) is 2.32. The van der Waals surface area contributed by atoms with Crippen molar-refractivity contribution >= 4 is 23.0 Å².